The van der Waals surface area contributed by atoms with Gasteiger partial charge in [0, 0.05) is 15.6 Å². The lowest BCUT2D eigenvalue weighted by Crippen LogP contribution is -2.18. The van der Waals surface area contributed by atoms with Crippen LogP contribution in [-0.4, -0.2) is 29.6 Å². The van der Waals surface area contributed by atoms with Gasteiger partial charge in [-0.3, -0.25) is 0 Å². The number of rotatable bonds is 5. The molecular weight excluding hydrogens is 584 g/mol. The van der Waals surface area contributed by atoms with Gasteiger partial charge >= 0.3 is 6.18 Å². The first kappa shape index (κ1) is 26.5. The fraction of sp³-hybridized carbons (Fsp3) is 0.208. The normalized spacial score (nSPS) is 12.8. The van der Waals surface area contributed by atoms with E-state index < -0.39 is 38.7 Å². The van der Waals surface area contributed by atoms with Gasteiger partial charge in [0.05, 0.1) is 26.8 Å². The zero-order valence-corrected chi connectivity index (χ0v) is 22.3. The van der Waals surface area contributed by atoms with Crippen molar-refractivity contribution >= 4 is 37.1 Å². The maximum Gasteiger partial charge on any atom is 0.421 e. The molecule has 2 heterocycles. The molecule has 0 bridgehead atoms. The third-order valence-electron chi connectivity index (χ3n) is 5.31. The van der Waals surface area contributed by atoms with Gasteiger partial charge in [-0.05, 0) is 71.7 Å². The third kappa shape index (κ3) is 5.13. The molecule has 4 aromatic rings. The quantitative estimate of drug-likeness (QED) is 0.254. The first-order valence-electron chi connectivity index (χ1n) is 10.4. The van der Waals surface area contributed by atoms with Crippen molar-refractivity contribution in [2.24, 2.45) is 0 Å². The molecule has 5 nitrogen and oxygen atoms in total. The Kier molecular flexibility index (Phi) is 6.69. The van der Waals surface area contributed by atoms with E-state index >= 15 is 0 Å². The van der Waals surface area contributed by atoms with E-state index in [-0.39, 0.29) is 16.3 Å². The van der Waals surface area contributed by atoms with E-state index in [9.17, 15) is 31.1 Å². The minimum atomic E-state index is -5.00. The van der Waals surface area contributed by atoms with E-state index in [0.717, 1.165) is 29.1 Å². The van der Waals surface area contributed by atoms with Gasteiger partial charge in [-0.15, -0.1) is 11.3 Å². The van der Waals surface area contributed by atoms with Crippen molar-refractivity contribution < 1.29 is 31.1 Å². The topological polar surface area (TPSA) is 72.2 Å². The molecule has 0 atom stereocenters. The molecule has 0 amide bonds. The largest absolute Gasteiger partial charge is 0.421 e. The minimum Gasteiger partial charge on any atom is -0.384 e. The second-order valence-electron chi connectivity index (χ2n) is 8.61. The summed E-state index contributed by atoms with van der Waals surface area (Å²) in [5.41, 5.74) is -2.66. The molecular formula is C24H19BrF4N2O3S2. The molecule has 0 saturated carbocycles. The van der Waals surface area contributed by atoms with Gasteiger partial charge < -0.3 is 5.11 Å². The molecule has 0 aliphatic carbocycles. The Hall–Kier alpha value is -2.54. The van der Waals surface area contributed by atoms with Crippen LogP contribution in [-0.2, 0) is 21.6 Å². The number of hydrogen-bond donors (Lipinski definition) is 1. The van der Waals surface area contributed by atoms with Crippen LogP contribution < -0.4 is 0 Å². The number of aromatic nitrogens is 2. The summed E-state index contributed by atoms with van der Waals surface area (Å²) in [7, 11) is -3.46. The molecule has 4 rings (SSSR count). The van der Waals surface area contributed by atoms with Gasteiger partial charge in [0.25, 0.3) is 0 Å². The summed E-state index contributed by atoms with van der Waals surface area (Å²) >= 11 is 4.62. The molecule has 0 spiro atoms. The summed E-state index contributed by atoms with van der Waals surface area (Å²) in [5, 5.41) is 14.7. The summed E-state index contributed by atoms with van der Waals surface area (Å²) in [6, 6.07) is 12.4. The van der Waals surface area contributed by atoms with Crippen molar-refractivity contribution in [2.45, 2.75) is 30.5 Å². The zero-order chi connectivity index (χ0) is 26.6. The van der Waals surface area contributed by atoms with Crippen molar-refractivity contribution in [3.8, 4) is 26.7 Å². The zero-order valence-electron chi connectivity index (χ0n) is 19.1. The average Bonchev–Trinajstić information content (AvgIpc) is 3.36. The van der Waals surface area contributed by atoms with Crippen LogP contribution in [0.5, 0.6) is 0 Å². The van der Waals surface area contributed by atoms with Gasteiger partial charge in [-0.2, -0.15) is 18.3 Å². The number of alkyl halides is 3. The number of thiophene rings is 1. The number of halogens is 5. The first-order valence-corrected chi connectivity index (χ1v) is 13.9. The molecule has 2 aromatic heterocycles. The Labute approximate surface area is 217 Å². The van der Waals surface area contributed by atoms with Crippen LogP contribution in [0.2, 0.25) is 0 Å². The molecule has 2 aromatic carbocycles. The highest BCUT2D eigenvalue weighted by Crippen LogP contribution is 2.44. The van der Waals surface area contributed by atoms with E-state index in [4.69, 9.17) is 0 Å². The lowest BCUT2D eigenvalue weighted by Gasteiger charge is -2.16. The summed E-state index contributed by atoms with van der Waals surface area (Å²) in [5.74, 6) is -1.45. The van der Waals surface area contributed by atoms with Gasteiger partial charge in [-0.1, -0.05) is 18.2 Å². The van der Waals surface area contributed by atoms with Crippen LogP contribution >= 0.6 is 27.3 Å². The van der Waals surface area contributed by atoms with Gasteiger partial charge in [0.2, 0.25) is 0 Å². The summed E-state index contributed by atoms with van der Waals surface area (Å²) in [6.07, 6.45) is -3.90. The highest BCUT2D eigenvalue weighted by atomic mass is 79.9. The van der Waals surface area contributed by atoms with E-state index in [1.165, 1.54) is 43.4 Å². The molecule has 12 heteroatoms. The highest BCUT2D eigenvalue weighted by Gasteiger charge is 2.39. The lowest BCUT2D eigenvalue weighted by molar-refractivity contribution is -0.139. The summed E-state index contributed by atoms with van der Waals surface area (Å²) in [4.78, 5) is 1.21. The van der Waals surface area contributed by atoms with Crippen LogP contribution in [0.3, 0.4) is 0 Å². The third-order valence-corrected chi connectivity index (χ3v) is 8.51. The van der Waals surface area contributed by atoms with Crippen LogP contribution in [0, 0.1) is 5.82 Å². The Morgan fingerprint density at radius 3 is 2.33 bits per heavy atom. The van der Waals surface area contributed by atoms with Crippen molar-refractivity contribution in [2.75, 3.05) is 6.26 Å². The molecule has 0 saturated heterocycles. The lowest BCUT2D eigenvalue weighted by atomic mass is 10.1. The standard InChI is InChI=1S/C24H19BrF4N2O3S2/c1-23(2,32)20-12-18(31(30-20)17-9-5-8-16(26)21(17)24(27,28)29)22-15(25)11-19(35-22)13-6-4-7-14(10-13)36(3,33)34/h4-12,32H,1-3H3. The van der Waals surface area contributed by atoms with Crippen LogP contribution in [0.15, 0.2) is 64.0 Å². The van der Waals surface area contributed by atoms with Gasteiger partial charge in [0.1, 0.15) is 17.0 Å². The number of aliphatic hydroxyl groups is 1. The highest BCUT2D eigenvalue weighted by molar-refractivity contribution is 9.10. The Morgan fingerprint density at radius 1 is 1.06 bits per heavy atom. The summed E-state index contributed by atoms with van der Waals surface area (Å²) < 4.78 is 81.3. The molecule has 190 valence electrons. The molecule has 0 radical (unpaired) electrons. The van der Waals surface area contributed by atoms with Crippen molar-refractivity contribution in [1.29, 1.82) is 0 Å². The minimum absolute atomic E-state index is 0.0795. The molecule has 0 fully saturated rings. The second kappa shape index (κ2) is 9.09. The maximum absolute atomic E-state index is 14.4. The smallest absolute Gasteiger partial charge is 0.384 e. The fourth-order valence-electron chi connectivity index (χ4n) is 3.56. The monoisotopic (exact) mass is 602 g/mol. The van der Waals surface area contributed by atoms with E-state index in [0.29, 0.717) is 19.8 Å². The van der Waals surface area contributed by atoms with Crippen LogP contribution in [0.4, 0.5) is 17.6 Å². The first-order chi connectivity index (χ1) is 16.6. The van der Waals surface area contributed by atoms with E-state index in [1.54, 1.807) is 18.2 Å². The molecule has 0 unspecified atom stereocenters. The second-order valence-corrected chi connectivity index (χ2v) is 12.5. The van der Waals surface area contributed by atoms with E-state index in [2.05, 4.69) is 21.0 Å². The Morgan fingerprint density at radius 2 is 1.72 bits per heavy atom. The van der Waals surface area contributed by atoms with Gasteiger partial charge in [0.15, 0.2) is 9.84 Å². The Bertz CT molecular complexity index is 1570. The Balaban J connectivity index is 1.96. The van der Waals surface area contributed by atoms with Gasteiger partial charge in [-0.25, -0.2) is 17.5 Å². The fourth-order valence-corrected chi connectivity index (χ4v) is 6.10. The molecule has 1 N–H and O–H groups in total. The number of benzene rings is 2. The van der Waals surface area contributed by atoms with Crippen LogP contribution in [0.25, 0.3) is 26.7 Å². The van der Waals surface area contributed by atoms with E-state index in [1.807, 2.05) is 0 Å². The number of sulfone groups is 1. The maximum atomic E-state index is 14.4. The molecule has 0 aliphatic rings. The molecule has 36 heavy (non-hydrogen) atoms. The number of nitrogens with zero attached hydrogens (tertiary/aromatic N) is 2. The van der Waals surface area contributed by atoms with Crippen molar-refractivity contribution in [1.82, 2.24) is 9.78 Å². The van der Waals surface area contributed by atoms with Crippen molar-refractivity contribution in [3.05, 3.63) is 76.1 Å². The number of hydrogen-bond acceptors (Lipinski definition) is 5. The SMILES string of the molecule is CC(C)(O)c1cc(-c2sc(-c3cccc(S(C)(=O)=O)c3)cc2Br)n(-c2cccc(F)c2C(F)(F)F)n1. The average molecular weight is 603 g/mol. The predicted octanol–water partition coefficient (Wildman–Crippen LogP) is 6.82. The summed E-state index contributed by atoms with van der Waals surface area (Å²) in [6.45, 7) is 2.87. The predicted molar refractivity (Wildman–Crippen MR) is 133 cm³/mol. The van der Waals surface area contributed by atoms with Crippen LogP contribution in [0.1, 0.15) is 25.1 Å². The van der Waals surface area contributed by atoms with Crippen molar-refractivity contribution in [3.63, 3.8) is 0 Å². The molecule has 0 aliphatic heterocycles.